The Hall–Kier alpha value is -1.27. The highest BCUT2D eigenvalue weighted by atomic mass is 32.2. The van der Waals surface area contributed by atoms with Gasteiger partial charge in [-0.15, -0.1) is 11.3 Å². The molecule has 0 aliphatic heterocycles. The summed E-state index contributed by atoms with van der Waals surface area (Å²) >= 11 is 1.49. The lowest BCUT2D eigenvalue weighted by molar-refractivity contribution is 0.415. The summed E-state index contributed by atoms with van der Waals surface area (Å²) in [5, 5.41) is 3.64. The molecule has 1 atom stereocenters. The molecule has 15 heavy (non-hydrogen) atoms. The minimum Gasteiger partial charge on any atom is -0.342 e. The molecule has 0 saturated carbocycles. The molecule has 6 heteroatoms. The zero-order chi connectivity index (χ0) is 10.7. The summed E-state index contributed by atoms with van der Waals surface area (Å²) < 4.78 is 16.6. The van der Waals surface area contributed by atoms with Crippen molar-refractivity contribution in [2.24, 2.45) is 0 Å². The number of hydrogen-bond donors (Lipinski definition) is 0. The zero-order valence-corrected chi connectivity index (χ0v) is 9.55. The van der Waals surface area contributed by atoms with Crippen LogP contribution in [0.5, 0.6) is 0 Å². The average Bonchev–Trinajstić information content (AvgIpc) is 2.86. The molecule has 0 N–H and O–H groups in total. The Morgan fingerprint density at radius 2 is 2.33 bits per heavy atom. The normalized spacial score (nSPS) is 13.4. The Kier molecular flexibility index (Phi) is 3.08. The Morgan fingerprint density at radius 1 is 1.47 bits per heavy atom. The molecule has 0 aliphatic rings. The molecule has 4 nitrogen and oxygen atoms in total. The first-order valence-electron chi connectivity index (χ1n) is 4.13. The van der Waals surface area contributed by atoms with Crippen molar-refractivity contribution in [2.45, 2.75) is 4.21 Å². The molecule has 0 bridgehead atoms. The van der Waals surface area contributed by atoms with Gasteiger partial charge in [-0.25, -0.2) is 0 Å². The second-order valence-corrected chi connectivity index (χ2v) is 5.46. The monoisotopic (exact) mass is 240 g/mol. The number of hydrogen-bond acceptors (Lipinski definition) is 5. The molecular weight excluding hydrogens is 232 g/mol. The van der Waals surface area contributed by atoms with E-state index in [4.69, 9.17) is 0 Å². The van der Waals surface area contributed by atoms with Gasteiger partial charge in [-0.1, -0.05) is 5.16 Å². The third kappa shape index (κ3) is 2.60. The summed E-state index contributed by atoms with van der Waals surface area (Å²) in [5.74, 6) is 0.530. The van der Waals surface area contributed by atoms with E-state index in [-0.39, 0.29) is 0 Å². The lowest BCUT2D eigenvalue weighted by Crippen LogP contribution is -1.78. The summed E-state index contributed by atoms with van der Waals surface area (Å²) in [6.07, 6.45) is 6.56. The Labute approximate surface area is 93.1 Å². The lowest BCUT2D eigenvalue weighted by atomic mass is 10.4. The molecule has 0 fully saturated rings. The maximum Gasteiger partial charge on any atom is 0.214 e. The molecule has 2 aromatic rings. The van der Waals surface area contributed by atoms with Gasteiger partial charge in [0.2, 0.25) is 6.39 Å². The van der Waals surface area contributed by atoms with Crippen LogP contribution < -0.4 is 0 Å². The molecular formula is C9H8N2O2S2. The molecule has 0 amide bonds. The van der Waals surface area contributed by atoms with Crippen LogP contribution >= 0.6 is 11.3 Å². The van der Waals surface area contributed by atoms with E-state index in [1.807, 2.05) is 18.2 Å². The predicted molar refractivity (Wildman–Crippen MR) is 59.9 cm³/mol. The first-order chi connectivity index (χ1) is 7.25. The van der Waals surface area contributed by atoms with Crippen LogP contribution in [0.2, 0.25) is 0 Å². The van der Waals surface area contributed by atoms with Gasteiger partial charge in [0.15, 0.2) is 5.82 Å². The molecule has 78 valence electrons. The van der Waals surface area contributed by atoms with E-state index in [1.54, 1.807) is 12.3 Å². The summed E-state index contributed by atoms with van der Waals surface area (Å²) in [6.45, 7) is 0. The molecule has 1 unspecified atom stereocenters. The average molecular weight is 240 g/mol. The van der Waals surface area contributed by atoms with E-state index in [1.165, 1.54) is 17.7 Å². The van der Waals surface area contributed by atoms with Gasteiger partial charge in [-0.05, 0) is 24.3 Å². The van der Waals surface area contributed by atoms with Gasteiger partial charge in [0.1, 0.15) is 0 Å². The Bertz CT molecular complexity index is 488. The minimum absolute atomic E-state index is 0.530. The third-order valence-electron chi connectivity index (χ3n) is 1.66. The molecule has 0 aliphatic carbocycles. The number of aromatic nitrogens is 2. The van der Waals surface area contributed by atoms with Crippen molar-refractivity contribution in [3.05, 3.63) is 29.2 Å². The largest absolute Gasteiger partial charge is 0.342 e. The maximum absolute atomic E-state index is 11.1. The van der Waals surface area contributed by atoms with Gasteiger partial charge in [0.05, 0.1) is 15.0 Å². The van der Waals surface area contributed by atoms with E-state index in [0.717, 1.165) is 9.09 Å². The standard InChI is InChI=1S/C9H8N2O2S2/c1-15(12)9-5-3-7(14-9)2-4-8-10-6-13-11-8/h2-6H,1H3/b4-2+. The van der Waals surface area contributed by atoms with Crippen molar-refractivity contribution < 1.29 is 8.73 Å². The van der Waals surface area contributed by atoms with Crippen molar-refractivity contribution in [3.8, 4) is 0 Å². The van der Waals surface area contributed by atoms with Gasteiger partial charge >= 0.3 is 0 Å². The van der Waals surface area contributed by atoms with Crippen LogP contribution in [-0.4, -0.2) is 20.6 Å². The van der Waals surface area contributed by atoms with E-state index < -0.39 is 10.8 Å². The van der Waals surface area contributed by atoms with Crippen LogP contribution in [-0.2, 0) is 10.8 Å². The highest BCUT2D eigenvalue weighted by Gasteiger charge is 2.00. The van der Waals surface area contributed by atoms with Crippen LogP contribution in [0.1, 0.15) is 10.7 Å². The van der Waals surface area contributed by atoms with E-state index >= 15 is 0 Å². The topological polar surface area (TPSA) is 56.0 Å². The minimum atomic E-state index is -0.914. The summed E-state index contributed by atoms with van der Waals surface area (Å²) in [5.41, 5.74) is 0. The predicted octanol–water partition coefficient (Wildman–Crippen LogP) is 2.04. The highest BCUT2D eigenvalue weighted by molar-refractivity contribution is 7.86. The van der Waals surface area contributed by atoms with Gasteiger partial charge in [-0.3, -0.25) is 4.21 Å². The fourth-order valence-electron chi connectivity index (χ4n) is 0.987. The van der Waals surface area contributed by atoms with Crippen LogP contribution in [0.15, 0.2) is 27.3 Å². The van der Waals surface area contributed by atoms with E-state index in [0.29, 0.717) is 5.82 Å². The molecule has 2 heterocycles. The number of thiophene rings is 1. The van der Waals surface area contributed by atoms with Gasteiger partial charge in [-0.2, -0.15) is 4.98 Å². The fourth-order valence-corrected chi connectivity index (χ4v) is 2.65. The van der Waals surface area contributed by atoms with Gasteiger partial charge in [0, 0.05) is 11.1 Å². The summed E-state index contributed by atoms with van der Waals surface area (Å²) in [6, 6.07) is 3.77. The molecule has 2 aromatic heterocycles. The van der Waals surface area contributed by atoms with Crippen molar-refractivity contribution in [1.29, 1.82) is 0 Å². The van der Waals surface area contributed by atoms with Crippen molar-refractivity contribution in [3.63, 3.8) is 0 Å². The summed E-state index contributed by atoms with van der Waals surface area (Å²) in [4.78, 5) is 4.87. The molecule has 2 rings (SSSR count). The Morgan fingerprint density at radius 3 is 2.93 bits per heavy atom. The fraction of sp³-hybridized carbons (Fsp3) is 0.111. The van der Waals surface area contributed by atoms with Crippen molar-refractivity contribution in [2.75, 3.05) is 6.26 Å². The zero-order valence-electron chi connectivity index (χ0n) is 7.91. The number of nitrogens with zero attached hydrogens (tertiary/aromatic N) is 2. The lowest BCUT2D eigenvalue weighted by Gasteiger charge is -1.84. The summed E-state index contributed by atoms with van der Waals surface area (Å²) in [7, 11) is -0.914. The quantitative estimate of drug-likeness (QED) is 0.823. The van der Waals surface area contributed by atoms with Crippen molar-refractivity contribution >= 4 is 34.3 Å². The van der Waals surface area contributed by atoms with E-state index in [9.17, 15) is 4.21 Å². The SMILES string of the molecule is CS(=O)c1ccc(/C=C/c2ncon2)s1. The van der Waals surface area contributed by atoms with Crippen LogP contribution in [0, 0.1) is 0 Å². The number of rotatable bonds is 3. The molecule has 0 spiro atoms. The van der Waals surface area contributed by atoms with Crippen LogP contribution in [0.25, 0.3) is 12.2 Å². The molecule has 0 radical (unpaired) electrons. The smallest absolute Gasteiger partial charge is 0.214 e. The highest BCUT2D eigenvalue weighted by Crippen LogP contribution is 2.20. The van der Waals surface area contributed by atoms with Crippen molar-refractivity contribution in [1.82, 2.24) is 10.1 Å². The second kappa shape index (κ2) is 4.50. The molecule has 0 saturated heterocycles. The second-order valence-electron chi connectivity index (χ2n) is 2.73. The van der Waals surface area contributed by atoms with Gasteiger partial charge in [0.25, 0.3) is 0 Å². The first kappa shape index (κ1) is 10.3. The third-order valence-corrected chi connectivity index (χ3v) is 4.16. The van der Waals surface area contributed by atoms with Crippen LogP contribution in [0.3, 0.4) is 0 Å². The maximum atomic E-state index is 11.1. The van der Waals surface area contributed by atoms with Crippen LogP contribution in [0.4, 0.5) is 0 Å². The Balaban J connectivity index is 2.14. The first-order valence-corrected chi connectivity index (χ1v) is 6.51. The van der Waals surface area contributed by atoms with E-state index in [2.05, 4.69) is 14.7 Å². The van der Waals surface area contributed by atoms with Gasteiger partial charge < -0.3 is 4.52 Å². The molecule has 0 aromatic carbocycles.